The molecule has 0 atom stereocenters. The molecule has 5 nitrogen and oxygen atoms in total. The zero-order valence-electron chi connectivity index (χ0n) is 21.9. The second-order valence-corrected chi connectivity index (χ2v) is 10.7. The summed E-state index contributed by atoms with van der Waals surface area (Å²) in [6.45, 7) is 5.56. The number of carbonyl (C=O) groups is 1. The lowest BCUT2D eigenvalue weighted by molar-refractivity contribution is 0.102. The summed E-state index contributed by atoms with van der Waals surface area (Å²) in [7, 11) is 0. The van der Waals surface area contributed by atoms with E-state index in [2.05, 4.69) is 51.7 Å². The molecule has 3 aromatic carbocycles. The van der Waals surface area contributed by atoms with E-state index in [0.717, 1.165) is 59.6 Å². The molecule has 0 aliphatic carbocycles. The van der Waals surface area contributed by atoms with Crippen molar-refractivity contribution in [3.05, 3.63) is 99.8 Å². The molecule has 0 bridgehead atoms. The molecule has 0 radical (unpaired) electrons. The van der Waals surface area contributed by atoms with E-state index in [1.54, 1.807) is 18.2 Å². The van der Waals surface area contributed by atoms with Gasteiger partial charge < -0.3 is 14.6 Å². The Bertz CT molecular complexity index is 1680. The number of amides is 1. The highest BCUT2D eigenvalue weighted by Gasteiger charge is 2.29. The zero-order chi connectivity index (χ0) is 27.1. The molecule has 0 saturated heterocycles. The fraction of sp³-hybridized carbons (Fsp3) is 0.219. The van der Waals surface area contributed by atoms with Crippen molar-refractivity contribution in [2.75, 3.05) is 11.9 Å². The summed E-state index contributed by atoms with van der Waals surface area (Å²) in [5.74, 6) is 0.607. The highest BCUT2D eigenvalue weighted by atomic mass is 35.5. The van der Waals surface area contributed by atoms with E-state index in [1.165, 1.54) is 11.1 Å². The van der Waals surface area contributed by atoms with Crippen molar-refractivity contribution in [1.29, 1.82) is 0 Å². The Hall–Kier alpha value is -3.67. The first-order chi connectivity index (χ1) is 18.9. The van der Waals surface area contributed by atoms with Crippen LogP contribution in [0.25, 0.3) is 28.0 Å². The van der Waals surface area contributed by atoms with Gasteiger partial charge in [0, 0.05) is 29.6 Å². The lowest BCUT2D eigenvalue weighted by atomic mass is 9.97. The van der Waals surface area contributed by atoms with Crippen molar-refractivity contribution < 1.29 is 9.53 Å². The third-order valence-electron chi connectivity index (χ3n) is 7.33. The highest BCUT2D eigenvalue weighted by Crippen LogP contribution is 2.40. The van der Waals surface area contributed by atoms with Crippen LogP contribution < -0.4 is 10.1 Å². The molecule has 0 saturated carbocycles. The number of carbonyl (C=O) groups excluding carboxylic acids is 1. The fourth-order valence-corrected chi connectivity index (χ4v) is 5.82. The summed E-state index contributed by atoms with van der Waals surface area (Å²) < 4.78 is 10.1. The van der Waals surface area contributed by atoms with Gasteiger partial charge in [-0.2, -0.15) is 0 Å². The Kier molecular flexibility index (Phi) is 6.88. The van der Waals surface area contributed by atoms with Gasteiger partial charge in [-0.05, 0) is 74.6 Å². The largest absolute Gasteiger partial charge is 0.494 e. The molecule has 5 aromatic rings. The Morgan fingerprint density at radius 3 is 2.41 bits per heavy atom. The van der Waals surface area contributed by atoms with E-state index >= 15 is 0 Å². The SMILES string of the molecule is CCOc1ccc(-c2c3c4n(c(-c5ccc(C)cc5)cn4c2C(=O)Nc2ccc(Cl)c(Cl)c2)CCCC3)cc1. The number of nitrogens with one attached hydrogen (secondary N) is 1. The number of anilines is 1. The molecule has 1 aliphatic heterocycles. The molecule has 7 heteroatoms. The van der Waals surface area contributed by atoms with Crippen LogP contribution in [0, 0.1) is 6.92 Å². The molecule has 0 fully saturated rings. The van der Waals surface area contributed by atoms with E-state index in [1.807, 2.05) is 31.2 Å². The van der Waals surface area contributed by atoms with Crippen LogP contribution in [0.15, 0.2) is 72.9 Å². The number of halogens is 2. The van der Waals surface area contributed by atoms with Crippen molar-refractivity contribution >= 4 is 40.4 Å². The molecular formula is C32H29Cl2N3O2. The molecule has 1 amide bonds. The monoisotopic (exact) mass is 557 g/mol. The van der Waals surface area contributed by atoms with Crippen molar-refractivity contribution in [2.45, 2.75) is 39.7 Å². The maximum Gasteiger partial charge on any atom is 0.273 e. The summed E-state index contributed by atoms with van der Waals surface area (Å²) in [4.78, 5) is 14.1. The number of aromatic nitrogens is 2. The van der Waals surface area contributed by atoms with Gasteiger partial charge in [-0.3, -0.25) is 9.20 Å². The maximum absolute atomic E-state index is 14.1. The van der Waals surface area contributed by atoms with Crippen molar-refractivity contribution in [3.63, 3.8) is 0 Å². The third kappa shape index (κ3) is 4.70. The molecule has 0 unspecified atom stereocenters. The first-order valence-corrected chi connectivity index (χ1v) is 14.0. The van der Waals surface area contributed by atoms with E-state index in [9.17, 15) is 4.79 Å². The first kappa shape index (κ1) is 25.6. The van der Waals surface area contributed by atoms with Crippen molar-refractivity contribution in [3.8, 4) is 28.1 Å². The van der Waals surface area contributed by atoms with Gasteiger partial charge in [0.2, 0.25) is 0 Å². The molecule has 1 N–H and O–H groups in total. The summed E-state index contributed by atoms with van der Waals surface area (Å²) in [5, 5.41) is 3.91. The number of rotatable bonds is 6. The number of benzene rings is 3. The average molecular weight is 559 g/mol. The van der Waals surface area contributed by atoms with E-state index in [4.69, 9.17) is 27.9 Å². The van der Waals surface area contributed by atoms with Crippen LogP contribution in [-0.4, -0.2) is 21.5 Å². The third-order valence-corrected chi connectivity index (χ3v) is 8.07. The summed E-state index contributed by atoms with van der Waals surface area (Å²) in [6.07, 6.45) is 5.12. The van der Waals surface area contributed by atoms with Crippen LogP contribution in [0.2, 0.25) is 10.0 Å². The molecule has 1 aliphatic rings. The Morgan fingerprint density at radius 1 is 0.949 bits per heavy atom. The fourth-order valence-electron chi connectivity index (χ4n) is 5.52. The van der Waals surface area contributed by atoms with Crippen LogP contribution in [0.4, 0.5) is 5.69 Å². The topological polar surface area (TPSA) is 47.7 Å². The number of aryl methyl sites for hydroxylation is 3. The van der Waals surface area contributed by atoms with E-state index < -0.39 is 0 Å². The van der Waals surface area contributed by atoms with Gasteiger partial charge in [0.25, 0.3) is 5.91 Å². The molecular weight excluding hydrogens is 529 g/mol. The molecule has 39 heavy (non-hydrogen) atoms. The van der Waals surface area contributed by atoms with Crippen LogP contribution in [0.5, 0.6) is 5.75 Å². The normalized spacial score (nSPS) is 12.9. The summed E-state index contributed by atoms with van der Waals surface area (Å²) in [5.41, 5.74) is 8.86. The standard InChI is InChI=1S/C32H29Cl2N3O2/c1-3-39-24-14-11-22(12-15-24)29-25-6-4-5-17-36-28(21-9-7-20(2)8-10-21)19-37(32(25)36)30(29)31(38)35-23-13-16-26(33)27(34)18-23/h7-16,18-19H,3-6,17H2,1-2H3,(H,35,38). The van der Waals surface area contributed by atoms with Crippen LogP contribution in [0.1, 0.15) is 41.4 Å². The minimum absolute atomic E-state index is 0.202. The average Bonchev–Trinajstić information content (AvgIpc) is 3.35. The number of hydrogen-bond donors (Lipinski definition) is 1. The van der Waals surface area contributed by atoms with Crippen LogP contribution in [-0.2, 0) is 13.0 Å². The summed E-state index contributed by atoms with van der Waals surface area (Å²) in [6, 6.07) is 21.7. The van der Waals surface area contributed by atoms with Gasteiger partial charge in [0.1, 0.15) is 17.1 Å². The van der Waals surface area contributed by atoms with Gasteiger partial charge in [-0.15, -0.1) is 0 Å². The van der Waals surface area contributed by atoms with Crippen LogP contribution in [0.3, 0.4) is 0 Å². The second kappa shape index (κ2) is 10.5. The first-order valence-electron chi connectivity index (χ1n) is 13.3. The maximum atomic E-state index is 14.1. The second-order valence-electron chi connectivity index (χ2n) is 9.93. The summed E-state index contributed by atoms with van der Waals surface area (Å²) >= 11 is 12.4. The van der Waals surface area contributed by atoms with Gasteiger partial charge >= 0.3 is 0 Å². The van der Waals surface area contributed by atoms with E-state index in [0.29, 0.717) is 28.0 Å². The van der Waals surface area contributed by atoms with Gasteiger partial charge in [-0.25, -0.2) is 0 Å². The Balaban J connectivity index is 1.57. The van der Waals surface area contributed by atoms with Crippen molar-refractivity contribution in [2.24, 2.45) is 0 Å². The number of ether oxygens (including phenoxy) is 1. The molecule has 198 valence electrons. The highest BCUT2D eigenvalue weighted by molar-refractivity contribution is 6.42. The van der Waals surface area contributed by atoms with Crippen molar-refractivity contribution in [1.82, 2.24) is 8.97 Å². The molecule has 2 aromatic heterocycles. The minimum atomic E-state index is -0.202. The number of imidazole rings is 1. The smallest absolute Gasteiger partial charge is 0.273 e. The predicted octanol–water partition coefficient (Wildman–Crippen LogP) is 8.68. The zero-order valence-corrected chi connectivity index (χ0v) is 23.4. The number of hydrogen-bond acceptors (Lipinski definition) is 2. The minimum Gasteiger partial charge on any atom is -0.494 e. The van der Waals surface area contributed by atoms with E-state index in [-0.39, 0.29) is 5.91 Å². The lowest BCUT2D eigenvalue weighted by Crippen LogP contribution is -2.15. The molecule has 3 heterocycles. The van der Waals surface area contributed by atoms with Gasteiger partial charge in [0.15, 0.2) is 0 Å². The number of nitrogens with zero attached hydrogens (tertiary/aromatic N) is 2. The quantitative estimate of drug-likeness (QED) is 0.227. The molecule has 0 spiro atoms. The predicted molar refractivity (Wildman–Crippen MR) is 160 cm³/mol. The molecule has 6 rings (SSSR count). The van der Waals surface area contributed by atoms with Crippen LogP contribution >= 0.6 is 23.2 Å². The Labute approximate surface area is 237 Å². The van der Waals surface area contributed by atoms with Gasteiger partial charge in [-0.1, -0.05) is 65.2 Å². The Morgan fingerprint density at radius 2 is 1.69 bits per heavy atom. The van der Waals surface area contributed by atoms with Gasteiger partial charge in [0.05, 0.1) is 22.3 Å². The lowest BCUT2D eigenvalue weighted by Gasteiger charge is -2.11.